The fraction of sp³-hybridized carbons (Fsp3) is 0.306. The van der Waals surface area contributed by atoms with Crippen molar-refractivity contribution in [1.29, 1.82) is 0 Å². The highest BCUT2D eigenvalue weighted by Gasteiger charge is 2.67. The Hall–Kier alpha value is -6.04. The Balaban J connectivity index is 1.34. The number of halogens is 10. The smallest absolute Gasteiger partial charge is 0.344 e. The Labute approximate surface area is 341 Å². The number of hydrogen-bond acceptors (Lipinski definition) is 9. The number of nitrogens with zero attached hydrogens (tertiary/aromatic N) is 8. The molecule has 61 heavy (non-hydrogen) atoms. The van der Waals surface area contributed by atoms with E-state index in [4.69, 9.17) is 11.6 Å². The molecule has 1 fully saturated rings. The molecule has 3 atom stereocenters. The number of fused-ring (bicyclic) bond motifs is 4. The number of benzene rings is 2. The van der Waals surface area contributed by atoms with Gasteiger partial charge in [0.25, 0.3) is 17.9 Å². The van der Waals surface area contributed by atoms with E-state index in [0.717, 1.165) is 30.3 Å². The molecule has 25 heteroatoms. The maximum atomic E-state index is 15.4. The van der Waals surface area contributed by atoms with E-state index < -0.39 is 129 Å². The molecule has 0 aliphatic heterocycles. The first-order valence-corrected chi connectivity index (χ1v) is 20.0. The second-order valence-electron chi connectivity index (χ2n) is 14.3. The van der Waals surface area contributed by atoms with Crippen LogP contribution in [0.1, 0.15) is 53.1 Å². The van der Waals surface area contributed by atoms with Gasteiger partial charge in [0.1, 0.15) is 47.6 Å². The molecule has 0 unspecified atom stereocenters. The van der Waals surface area contributed by atoms with E-state index in [9.17, 15) is 48.7 Å². The van der Waals surface area contributed by atoms with Gasteiger partial charge in [-0.25, -0.2) is 40.9 Å². The number of alkyl halides is 7. The van der Waals surface area contributed by atoms with Gasteiger partial charge in [-0.3, -0.25) is 28.2 Å². The quantitative estimate of drug-likeness (QED) is 0.133. The van der Waals surface area contributed by atoms with Crippen molar-refractivity contribution in [2.24, 2.45) is 5.92 Å². The lowest BCUT2D eigenvalue weighted by Gasteiger charge is -2.24. The second kappa shape index (κ2) is 14.8. The van der Waals surface area contributed by atoms with E-state index in [2.05, 4.69) is 30.5 Å². The third-order valence-corrected chi connectivity index (χ3v) is 10.8. The molecule has 14 nitrogen and oxygen atoms in total. The summed E-state index contributed by atoms with van der Waals surface area (Å²) in [6.07, 6.45) is -5.78. The number of hydrogen-bond donors (Lipinski definition) is 2. The zero-order chi connectivity index (χ0) is 43.9. The molecule has 0 bridgehead atoms. The van der Waals surface area contributed by atoms with E-state index >= 15 is 8.78 Å². The summed E-state index contributed by atoms with van der Waals surface area (Å²) in [5.41, 5.74) is -4.84. The van der Waals surface area contributed by atoms with Gasteiger partial charge in [-0.05, 0) is 48.2 Å². The molecule has 0 spiro atoms. The first-order valence-electron chi connectivity index (χ1n) is 17.8. The van der Waals surface area contributed by atoms with Crippen molar-refractivity contribution in [3.8, 4) is 17.2 Å². The van der Waals surface area contributed by atoms with E-state index in [1.807, 2.05) is 4.72 Å². The van der Waals surface area contributed by atoms with Crippen molar-refractivity contribution in [2.45, 2.75) is 56.4 Å². The van der Waals surface area contributed by atoms with E-state index in [1.54, 1.807) is 0 Å². The summed E-state index contributed by atoms with van der Waals surface area (Å²) in [5.74, 6) is -10.7. The van der Waals surface area contributed by atoms with Crippen molar-refractivity contribution in [3.63, 3.8) is 0 Å². The molecule has 8 rings (SSSR count). The van der Waals surface area contributed by atoms with Crippen LogP contribution in [0, 0.1) is 17.6 Å². The Bertz CT molecular complexity index is 2900. The SMILES string of the molecule is CS(=O)(=O)Nc1nn(CC(F)(F)F)c2c(-n3c([C@H](Cc4cc(F)cc(F)c4)NC(=O)Cn4nc(C(F)F)c5c4C(F)(F)[C@@H]4C[C@H]54)nc(-c4ncccn4)cc3=O)ccc(Cl)c12. The van der Waals surface area contributed by atoms with Crippen molar-refractivity contribution >= 4 is 44.3 Å². The number of carbonyl (C=O) groups excluding carboxylic acids is 1. The van der Waals surface area contributed by atoms with Crippen LogP contribution in [0.5, 0.6) is 0 Å². The number of aromatic nitrogens is 8. The van der Waals surface area contributed by atoms with Crippen LogP contribution in [0.2, 0.25) is 5.02 Å². The second-order valence-corrected chi connectivity index (χ2v) is 16.5. The highest BCUT2D eigenvalue weighted by atomic mass is 35.5. The van der Waals surface area contributed by atoms with Gasteiger partial charge in [-0.2, -0.15) is 32.1 Å². The van der Waals surface area contributed by atoms with Gasteiger partial charge in [0.05, 0.1) is 33.9 Å². The summed E-state index contributed by atoms with van der Waals surface area (Å²) in [6.45, 7) is -2.98. The Morgan fingerprint density at radius 3 is 2.36 bits per heavy atom. The maximum absolute atomic E-state index is 15.4. The minimum Gasteiger partial charge on any atom is -0.344 e. The predicted molar refractivity (Wildman–Crippen MR) is 197 cm³/mol. The zero-order valence-electron chi connectivity index (χ0n) is 30.7. The first kappa shape index (κ1) is 41.7. The Kier molecular flexibility index (Phi) is 10.1. The number of sulfonamides is 1. The number of amides is 1. The Morgan fingerprint density at radius 1 is 1.03 bits per heavy atom. The van der Waals surface area contributed by atoms with Gasteiger partial charge in [-0.1, -0.05) is 11.6 Å². The van der Waals surface area contributed by atoms with Gasteiger partial charge < -0.3 is 5.32 Å². The summed E-state index contributed by atoms with van der Waals surface area (Å²) >= 11 is 6.43. The van der Waals surface area contributed by atoms with Crippen LogP contribution >= 0.6 is 11.6 Å². The van der Waals surface area contributed by atoms with Crippen LogP contribution in [0.15, 0.2) is 59.7 Å². The third-order valence-electron chi connectivity index (χ3n) is 9.88. The molecule has 2 aromatic carbocycles. The summed E-state index contributed by atoms with van der Waals surface area (Å²) in [4.78, 5) is 41.0. The predicted octanol–water partition coefficient (Wildman–Crippen LogP) is 6.35. The fourth-order valence-corrected chi connectivity index (χ4v) is 8.36. The average molecular weight is 901 g/mol. The van der Waals surface area contributed by atoms with Crippen molar-refractivity contribution < 1.29 is 52.7 Å². The zero-order valence-corrected chi connectivity index (χ0v) is 32.3. The summed E-state index contributed by atoms with van der Waals surface area (Å²) in [7, 11) is -4.22. The number of rotatable bonds is 12. The average Bonchev–Trinajstić information content (AvgIpc) is 3.68. The number of carbonyl (C=O) groups is 1. The Morgan fingerprint density at radius 2 is 1.72 bits per heavy atom. The molecule has 2 aliphatic rings. The minimum atomic E-state index is -5.01. The van der Waals surface area contributed by atoms with Crippen LogP contribution in [0.3, 0.4) is 0 Å². The summed E-state index contributed by atoms with van der Waals surface area (Å²) < 4.78 is 158. The van der Waals surface area contributed by atoms with Gasteiger partial charge in [0.15, 0.2) is 11.6 Å². The van der Waals surface area contributed by atoms with Crippen molar-refractivity contribution in [2.75, 3.05) is 11.0 Å². The van der Waals surface area contributed by atoms with Crippen molar-refractivity contribution in [3.05, 3.63) is 110 Å². The van der Waals surface area contributed by atoms with Crippen LogP contribution < -0.4 is 15.6 Å². The van der Waals surface area contributed by atoms with Crippen LogP contribution in [-0.2, 0) is 40.3 Å². The number of anilines is 1. The molecule has 4 heterocycles. The molecule has 0 saturated heterocycles. The molecule has 1 amide bonds. The molecule has 0 radical (unpaired) electrons. The lowest BCUT2D eigenvalue weighted by atomic mass is 10.0. The molecule has 2 aliphatic carbocycles. The fourth-order valence-electron chi connectivity index (χ4n) is 7.62. The third kappa shape index (κ3) is 8.00. The highest BCUT2D eigenvalue weighted by Crippen LogP contribution is 2.68. The van der Waals surface area contributed by atoms with Gasteiger partial charge in [0, 0.05) is 42.4 Å². The first-order chi connectivity index (χ1) is 28.6. The molecule has 1 saturated carbocycles. The standard InChI is InChI=1S/C36H26ClF9N10O4S/c1-61(59,60)53-33-27-20(37)3-4-23(29(27)55(52-33)14-35(42,43)44)56-25(58)12-21(32-47-5-2-6-48-32)50-34(56)22(9-15-7-16(38)10-17(39)8-15)49-24(57)13-54-30-26(28(51-54)31(40)41)18-11-19(18)36(30,45)46/h2-8,10,12,18-19,22,31H,9,11,13-14H2,1H3,(H,49,57)(H,52,53)/t18-,19+,22-/m0/s1. The highest BCUT2D eigenvalue weighted by molar-refractivity contribution is 7.92. The number of nitrogens with one attached hydrogen (secondary N) is 2. The van der Waals surface area contributed by atoms with E-state index in [0.29, 0.717) is 26.3 Å². The van der Waals surface area contributed by atoms with Crippen LogP contribution in [0.25, 0.3) is 28.1 Å². The van der Waals surface area contributed by atoms with E-state index in [-0.39, 0.29) is 34.1 Å². The molecule has 2 N–H and O–H groups in total. The van der Waals surface area contributed by atoms with Crippen molar-refractivity contribution in [1.82, 2.24) is 44.4 Å². The lowest BCUT2D eigenvalue weighted by molar-refractivity contribution is -0.141. The van der Waals surface area contributed by atoms with Gasteiger partial charge in [-0.15, -0.1) is 0 Å². The molecular weight excluding hydrogens is 875 g/mol. The minimum absolute atomic E-state index is 0.0692. The molecular formula is C36H26ClF9N10O4S. The van der Waals surface area contributed by atoms with Gasteiger partial charge >= 0.3 is 6.18 Å². The normalized spacial score (nSPS) is 17.4. The lowest BCUT2D eigenvalue weighted by Crippen LogP contribution is -2.38. The van der Waals surface area contributed by atoms with E-state index in [1.165, 1.54) is 18.5 Å². The summed E-state index contributed by atoms with van der Waals surface area (Å²) in [5, 5.41) is 9.16. The van der Waals surface area contributed by atoms with Gasteiger partial charge in [0.2, 0.25) is 15.9 Å². The molecule has 4 aromatic heterocycles. The maximum Gasteiger partial charge on any atom is 0.408 e. The topological polar surface area (TPSA) is 172 Å². The molecule has 6 aromatic rings. The summed E-state index contributed by atoms with van der Waals surface area (Å²) in [6, 6.07) is 4.88. The largest absolute Gasteiger partial charge is 0.408 e. The molecule has 320 valence electrons. The van der Waals surface area contributed by atoms with Crippen LogP contribution in [0.4, 0.5) is 45.3 Å². The van der Waals surface area contributed by atoms with Crippen LogP contribution in [-0.4, -0.2) is 65.8 Å². The monoisotopic (exact) mass is 900 g/mol.